The summed E-state index contributed by atoms with van der Waals surface area (Å²) in [5.41, 5.74) is 1.49. The first-order chi connectivity index (χ1) is 11.6. The third kappa shape index (κ3) is 5.31. The van der Waals surface area contributed by atoms with Crippen molar-refractivity contribution >= 4 is 5.91 Å². The van der Waals surface area contributed by atoms with Gasteiger partial charge in [0.1, 0.15) is 0 Å². The molecule has 24 heavy (non-hydrogen) atoms. The maximum Gasteiger partial charge on any atom is 0.253 e. The summed E-state index contributed by atoms with van der Waals surface area (Å²) in [5.74, 6) is 0.00399. The molecule has 1 N–H and O–H groups in total. The van der Waals surface area contributed by atoms with Crippen LogP contribution in [-0.2, 0) is 11.2 Å². The van der Waals surface area contributed by atoms with E-state index in [0.29, 0.717) is 44.8 Å². The molecule has 1 amide bonds. The zero-order valence-electron chi connectivity index (χ0n) is 14.1. The van der Waals surface area contributed by atoms with Gasteiger partial charge in [-0.25, -0.2) is 0 Å². The molecule has 1 aliphatic heterocycles. The van der Waals surface area contributed by atoms with Crippen molar-refractivity contribution in [1.29, 1.82) is 5.26 Å². The highest BCUT2D eigenvalue weighted by molar-refractivity contribution is 5.94. The molecule has 6 nitrogen and oxygen atoms in total. The molecule has 1 aromatic rings. The van der Waals surface area contributed by atoms with Gasteiger partial charge in [0.2, 0.25) is 0 Å². The lowest BCUT2D eigenvalue weighted by Gasteiger charge is -2.35. The highest BCUT2D eigenvalue weighted by Gasteiger charge is 2.23. The van der Waals surface area contributed by atoms with Crippen molar-refractivity contribution in [1.82, 2.24) is 9.80 Å². The normalized spacial score (nSPS) is 16.6. The van der Waals surface area contributed by atoms with Crippen molar-refractivity contribution in [2.45, 2.75) is 19.4 Å². The fraction of sp³-hybridized carbons (Fsp3) is 0.556. The Labute approximate surface area is 143 Å². The van der Waals surface area contributed by atoms with Crippen molar-refractivity contribution in [2.75, 3.05) is 45.9 Å². The second-order valence-corrected chi connectivity index (χ2v) is 5.94. The number of carbonyl (C=O) groups is 1. The number of amides is 1. The first-order valence-corrected chi connectivity index (χ1v) is 8.37. The Kier molecular flexibility index (Phi) is 7.19. The summed E-state index contributed by atoms with van der Waals surface area (Å²) < 4.78 is 5.22. The van der Waals surface area contributed by atoms with Crippen LogP contribution in [0.4, 0.5) is 0 Å². The number of carbonyl (C=O) groups excluding carboxylic acids is 1. The molecule has 0 radical (unpaired) electrons. The van der Waals surface area contributed by atoms with Crippen LogP contribution in [0, 0.1) is 11.3 Å². The molecule has 0 unspecified atom stereocenters. The Morgan fingerprint density at radius 1 is 1.38 bits per heavy atom. The molecule has 0 bridgehead atoms. The van der Waals surface area contributed by atoms with E-state index in [0.717, 1.165) is 18.7 Å². The van der Waals surface area contributed by atoms with E-state index in [1.807, 2.05) is 24.0 Å². The first kappa shape index (κ1) is 18.4. The van der Waals surface area contributed by atoms with Crippen LogP contribution in [-0.4, -0.2) is 72.9 Å². The highest BCUT2D eigenvalue weighted by Crippen LogP contribution is 2.12. The fourth-order valence-electron chi connectivity index (χ4n) is 2.83. The molecule has 1 fully saturated rings. The number of piperazine rings is 1. The van der Waals surface area contributed by atoms with Gasteiger partial charge in [0.05, 0.1) is 25.2 Å². The Morgan fingerprint density at radius 2 is 2.12 bits per heavy atom. The second kappa shape index (κ2) is 9.38. The van der Waals surface area contributed by atoms with Crippen LogP contribution in [0.15, 0.2) is 24.3 Å². The summed E-state index contributed by atoms with van der Waals surface area (Å²) in [6.07, 6.45) is -0.179. The second-order valence-electron chi connectivity index (χ2n) is 5.94. The average Bonchev–Trinajstić information content (AvgIpc) is 2.60. The maximum atomic E-state index is 12.6. The summed E-state index contributed by atoms with van der Waals surface area (Å²) in [6, 6.07) is 9.37. The topological polar surface area (TPSA) is 76.8 Å². The van der Waals surface area contributed by atoms with Gasteiger partial charge in [-0.2, -0.15) is 5.26 Å². The van der Waals surface area contributed by atoms with Gasteiger partial charge in [0, 0.05) is 44.9 Å². The van der Waals surface area contributed by atoms with Gasteiger partial charge in [-0.05, 0) is 24.6 Å². The Hall–Kier alpha value is -1.94. The predicted molar refractivity (Wildman–Crippen MR) is 90.6 cm³/mol. The minimum absolute atomic E-state index is 0.00399. The fourth-order valence-corrected chi connectivity index (χ4v) is 2.83. The summed E-state index contributed by atoms with van der Waals surface area (Å²) in [6.45, 7) is 6.19. The molecule has 1 heterocycles. The lowest BCUT2D eigenvalue weighted by molar-refractivity contribution is 0.0111. The minimum Gasteiger partial charge on any atom is -0.389 e. The van der Waals surface area contributed by atoms with Gasteiger partial charge in [-0.3, -0.25) is 9.69 Å². The third-order valence-electron chi connectivity index (χ3n) is 4.10. The molecule has 130 valence electrons. The lowest BCUT2D eigenvalue weighted by atomic mass is 10.1. The van der Waals surface area contributed by atoms with E-state index >= 15 is 0 Å². The van der Waals surface area contributed by atoms with Gasteiger partial charge in [0.15, 0.2) is 0 Å². The molecule has 1 saturated heterocycles. The Bertz CT molecular complexity index is 577. The van der Waals surface area contributed by atoms with Crippen LogP contribution < -0.4 is 0 Å². The quantitative estimate of drug-likeness (QED) is 0.803. The number of nitrogens with zero attached hydrogens (tertiary/aromatic N) is 3. The van der Waals surface area contributed by atoms with E-state index in [2.05, 4.69) is 11.0 Å². The molecule has 0 saturated carbocycles. The van der Waals surface area contributed by atoms with Crippen LogP contribution in [0.2, 0.25) is 0 Å². The van der Waals surface area contributed by atoms with Crippen molar-refractivity contribution in [2.24, 2.45) is 0 Å². The number of ether oxygens (including phenoxy) is 1. The van der Waals surface area contributed by atoms with Gasteiger partial charge < -0.3 is 14.7 Å². The van der Waals surface area contributed by atoms with E-state index in [1.165, 1.54) is 0 Å². The summed E-state index contributed by atoms with van der Waals surface area (Å²) in [4.78, 5) is 16.6. The van der Waals surface area contributed by atoms with Crippen LogP contribution in [0.25, 0.3) is 0 Å². The van der Waals surface area contributed by atoms with Crippen molar-refractivity contribution in [3.63, 3.8) is 0 Å². The van der Waals surface area contributed by atoms with Gasteiger partial charge in [-0.1, -0.05) is 12.1 Å². The van der Waals surface area contributed by atoms with Gasteiger partial charge in [0.25, 0.3) is 5.91 Å². The monoisotopic (exact) mass is 331 g/mol. The number of aliphatic hydroxyl groups is 1. The molecule has 1 aliphatic rings. The van der Waals surface area contributed by atoms with Crippen LogP contribution in [0.1, 0.15) is 22.8 Å². The zero-order chi connectivity index (χ0) is 17.4. The van der Waals surface area contributed by atoms with E-state index in [1.54, 1.807) is 12.1 Å². The van der Waals surface area contributed by atoms with E-state index in [9.17, 15) is 9.90 Å². The largest absolute Gasteiger partial charge is 0.389 e. The van der Waals surface area contributed by atoms with E-state index < -0.39 is 6.10 Å². The van der Waals surface area contributed by atoms with Gasteiger partial charge in [-0.15, -0.1) is 0 Å². The molecule has 0 aromatic heterocycles. The van der Waals surface area contributed by atoms with Crippen LogP contribution in [0.5, 0.6) is 0 Å². The molecule has 0 aliphatic carbocycles. The highest BCUT2D eigenvalue weighted by atomic mass is 16.5. The Balaban J connectivity index is 1.84. The number of rotatable bonds is 7. The van der Waals surface area contributed by atoms with E-state index in [-0.39, 0.29) is 5.91 Å². The zero-order valence-corrected chi connectivity index (χ0v) is 14.1. The number of benzene rings is 1. The molecular weight excluding hydrogens is 306 g/mol. The van der Waals surface area contributed by atoms with Crippen LogP contribution in [0.3, 0.4) is 0 Å². The summed E-state index contributed by atoms with van der Waals surface area (Å²) in [7, 11) is 0. The lowest BCUT2D eigenvalue weighted by Crippen LogP contribution is -2.50. The summed E-state index contributed by atoms with van der Waals surface area (Å²) in [5, 5.41) is 18.7. The molecule has 0 spiro atoms. The van der Waals surface area contributed by atoms with Gasteiger partial charge >= 0.3 is 0 Å². The maximum absolute atomic E-state index is 12.6. The van der Waals surface area contributed by atoms with Crippen molar-refractivity contribution in [3.05, 3.63) is 35.4 Å². The third-order valence-corrected chi connectivity index (χ3v) is 4.10. The first-order valence-electron chi connectivity index (χ1n) is 8.37. The Morgan fingerprint density at radius 3 is 2.79 bits per heavy atom. The van der Waals surface area contributed by atoms with Crippen molar-refractivity contribution in [3.8, 4) is 6.07 Å². The number of aliphatic hydroxyl groups excluding tert-OH is 1. The number of hydrogen-bond acceptors (Lipinski definition) is 5. The molecule has 6 heteroatoms. The van der Waals surface area contributed by atoms with Crippen molar-refractivity contribution < 1.29 is 14.6 Å². The van der Waals surface area contributed by atoms with Crippen LogP contribution >= 0.6 is 0 Å². The molecule has 1 aromatic carbocycles. The summed E-state index contributed by atoms with van der Waals surface area (Å²) >= 11 is 0. The predicted octanol–water partition coefficient (Wildman–Crippen LogP) is 0.908. The van der Waals surface area contributed by atoms with E-state index in [4.69, 9.17) is 10.00 Å². The number of nitriles is 1. The minimum atomic E-state index is -0.491. The molecule has 1 atom stereocenters. The molecular formula is C18H25N3O3. The molecule has 2 rings (SSSR count). The average molecular weight is 331 g/mol. The number of β-amino-alcohol motifs (C(OH)–C–C–N with tert-alkyl or cyclic N) is 1. The smallest absolute Gasteiger partial charge is 0.253 e. The standard InChI is InChI=1S/C18H25N3O3/c1-2-24-14-17(22)13-20-8-10-21(11-9-20)18(23)16-5-3-4-15(12-16)6-7-19/h3-5,12,17,22H,2,6,8-11,13-14H2,1H3/t17-/m0/s1. The SMILES string of the molecule is CCOC[C@@H](O)CN1CCN(C(=O)c2cccc(CC#N)c2)CC1. The number of hydrogen-bond donors (Lipinski definition) is 1.